The van der Waals surface area contributed by atoms with Gasteiger partial charge in [-0.25, -0.2) is 11.4 Å². The van der Waals surface area contributed by atoms with Crippen molar-refractivity contribution in [2.45, 2.75) is 88.3 Å². The normalized spacial score (nSPS) is 22.1. The molecule has 12 nitrogen and oxygen atoms in total. The van der Waals surface area contributed by atoms with Crippen molar-refractivity contribution < 1.29 is 55.4 Å². The van der Waals surface area contributed by atoms with E-state index in [0.717, 1.165) is 23.8 Å². The van der Waals surface area contributed by atoms with Crippen LogP contribution in [0.5, 0.6) is 0 Å². The highest BCUT2D eigenvalue weighted by Crippen LogP contribution is 2.50. The van der Waals surface area contributed by atoms with Crippen molar-refractivity contribution >= 4 is 35.5 Å². The predicted octanol–water partition coefficient (Wildman–Crippen LogP) is 3.60. The van der Waals surface area contributed by atoms with Crippen molar-refractivity contribution in [1.29, 1.82) is 0 Å². The lowest BCUT2D eigenvalue weighted by molar-refractivity contribution is -0.270. The van der Waals surface area contributed by atoms with Crippen molar-refractivity contribution in [3.05, 3.63) is 41.2 Å². The monoisotopic (exact) mass is 671 g/mol. The van der Waals surface area contributed by atoms with Gasteiger partial charge in [0.1, 0.15) is 17.5 Å². The number of fused-ring (bicyclic) bond motifs is 2. The molecule has 0 aromatic heterocycles. The van der Waals surface area contributed by atoms with E-state index in [-0.39, 0.29) is 25.3 Å². The number of halogens is 5. The van der Waals surface area contributed by atoms with Crippen LogP contribution >= 0.6 is 0 Å². The molecule has 4 atom stereocenters. The molecule has 3 aliphatic rings. The van der Waals surface area contributed by atoms with Gasteiger partial charge in [0, 0.05) is 13.6 Å². The second-order valence-electron chi connectivity index (χ2n) is 12.2. The molecular formula is C30H34F5N5O7. The fraction of sp³-hybridized carbons (Fsp3) is 0.600. The van der Waals surface area contributed by atoms with Crippen LogP contribution < -0.4 is 10.2 Å². The van der Waals surface area contributed by atoms with Crippen molar-refractivity contribution in [2.24, 2.45) is 5.92 Å². The van der Waals surface area contributed by atoms with Gasteiger partial charge in [-0.05, 0) is 44.7 Å². The Morgan fingerprint density at radius 3 is 2.34 bits per heavy atom. The number of amides is 4. The van der Waals surface area contributed by atoms with Crippen LogP contribution in [0.25, 0.3) is 4.85 Å². The number of hydrogen-bond acceptors (Lipinski definition) is 7. The fourth-order valence-electron chi connectivity index (χ4n) is 5.86. The van der Waals surface area contributed by atoms with Crippen LogP contribution in [-0.4, -0.2) is 96.4 Å². The molecule has 1 saturated carbocycles. The second kappa shape index (κ2) is 13.0. The lowest BCUT2D eigenvalue weighted by atomic mass is 9.80. The third kappa shape index (κ3) is 6.82. The minimum atomic E-state index is -6.19. The molecule has 47 heavy (non-hydrogen) atoms. The van der Waals surface area contributed by atoms with Crippen LogP contribution in [0.4, 0.5) is 32.4 Å². The van der Waals surface area contributed by atoms with E-state index in [0.29, 0.717) is 24.1 Å². The minimum absolute atomic E-state index is 0.00585. The van der Waals surface area contributed by atoms with E-state index in [1.807, 2.05) is 0 Å². The van der Waals surface area contributed by atoms with Crippen LogP contribution in [0.15, 0.2) is 24.3 Å². The van der Waals surface area contributed by atoms with Crippen molar-refractivity contribution in [3.63, 3.8) is 0 Å². The lowest BCUT2D eigenvalue weighted by Crippen LogP contribution is -2.58. The summed E-state index contributed by atoms with van der Waals surface area (Å²) in [6, 6.07) is 3.46. The first-order chi connectivity index (χ1) is 21.9. The summed E-state index contributed by atoms with van der Waals surface area (Å²) in [5.41, 5.74) is -0.529. The number of carbonyl (C=O) groups is 5. The van der Waals surface area contributed by atoms with Gasteiger partial charge in [0.15, 0.2) is 6.73 Å². The zero-order chi connectivity index (χ0) is 35.1. The number of benzene rings is 1. The zero-order valence-corrected chi connectivity index (χ0v) is 26.0. The summed E-state index contributed by atoms with van der Waals surface area (Å²) in [5.74, 6) is -10.9. The van der Waals surface area contributed by atoms with Gasteiger partial charge in [-0.3, -0.25) is 33.8 Å². The molecule has 256 valence electrons. The molecule has 1 aromatic carbocycles. The molecule has 1 aromatic rings. The van der Waals surface area contributed by atoms with Gasteiger partial charge >= 0.3 is 30.3 Å². The quantitative estimate of drug-likeness (QED) is 0.229. The molecular weight excluding hydrogens is 637 g/mol. The molecule has 17 heteroatoms. The van der Waals surface area contributed by atoms with Crippen LogP contribution in [-0.2, 0) is 34.1 Å². The number of nitrogens with one attached hydrogen (secondary N) is 1. The van der Waals surface area contributed by atoms with Gasteiger partial charge in [-0.1, -0.05) is 31.0 Å². The lowest BCUT2D eigenvalue weighted by Gasteiger charge is -2.33. The molecule has 2 heterocycles. The number of ether oxygens (including phenoxy) is 2. The second-order valence-corrected chi connectivity index (χ2v) is 12.2. The average Bonchev–Trinajstić information content (AvgIpc) is 3.69. The topological polar surface area (TPSA) is 130 Å². The highest BCUT2D eigenvalue weighted by Gasteiger charge is 2.64. The molecule has 1 N–H and O–H groups in total. The number of nitrogens with zero attached hydrogens (tertiary/aromatic N) is 4. The first kappa shape index (κ1) is 35.4. The number of hydrogen-bond donors (Lipinski definition) is 1. The van der Waals surface area contributed by atoms with Gasteiger partial charge < -0.3 is 19.7 Å². The largest absolute Gasteiger partial charge is 0.510 e. The Balaban J connectivity index is 1.57. The number of likely N-dealkylation sites (tertiary alicyclic amines) is 1. The number of rotatable bonds is 10. The van der Waals surface area contributed by atoms with Crippen molar-refractivity contribution in [3.8, 4) is 0 Å². The first-order valence-electron chi connectivity index (χ1n) is 14.8. The van der Waals surface area contributed by atoms with E-state index in [9.17, 15) is 45.9 Å². The van der Waals surface area contributed by atoms with Gasteiger partial charge in [-0.2, -0.15) is 22.0 Å². The molecule has 0 unspecified atom stereocenters. The van der Waals surface area contributed by atoms with E-state index in [1.54, 1.807) is 38.1 Å². The molecule has 1 aliphatic carbocycles. The van der Waals surface area contributed by atoms with Gasteiger partial charge in [-0.15, -0.1) is 0 Å². The van der Waals surface area contributed by atoms with E-state index in [1.165, 1.54) is 10.2 Å². The Morgan fingerprint density at radius 2 is 1.77 bits per heavy atom. The molecule has 4 rings (SSSR count). The SMILES string of the molecule is [C-]#[N+][C@@H]1C[C@@]2(CN1C(=O)[C@H](CC1CC1)N(C)C(=O)[C@H](C)NC(=O)C(F)(F)C(F)(F)F)C(=O)N(COC(=O)OC(C)C)c1ccccc12. The number of carbonyl (C=O) groups excluding carboxylic acids is 5. The zero-order valence-electron chi connectivity index (χ0n) is 26.0. The highest BCUT2D eigenvalue weighted by atomic mass is 19.4. The number of para-hydroxylation sites is 1. The summed E-state index contributed by atoms with van der Waals surface area (Å²) in [5, 5.41) is 1.38. The number of likely N-dealkylation sites (N-methyl/N-ethyl adjacent to an activating group) is 1. The fourth-order valence-corrected chi connectivity index (χ4v) is 5.86. The molecule has 0 bridgehead atoms. The molecule has 2 fully saturated rings. The Kier molecular flexibility index (Phi) is 9.75. The predicted molar refractivity (Wildman–Crippen MR) is 152 cm³/mol. The number of alkyl halides is 5. The van der Waals surface area contributed by atoms with Crippen LogP contribution in [0.1, 0.15) is 52.0 Å². The van der Waals surface area contributed by atoms with Gasteiger partial charge in [0.25, 0.3) is 5.91 Å². The standard InChI is InChI=1S/C30H34F5N5O7/c1-16(2)47-27(45)46-15-40-20-9-7-6-8-19(20)28(26(40)44)13-22(36-4)39(14-28)24(42)21(12-18-10-11-18)38(5)23(41)17(3)37-25(43)29(31,32)30(33,34)35/h6-9,16-18,21-22H,10-15H2,1-3,5H3,(H,37,43)/t17-,21-,22-,28-/m0/s1. The summed E-state index contributed by atoms with van der Waals surface area (Å²) < 4.78 is 75.2. The summed E-state index contributed by atoms with van der Waals surface area (Å²) in [4.78, 5) is 72.0. The molecule has 1 spiro atoms. The third-order valence-electron chi connectivity index (χ3n) is 8.48. The summed E-state index contributed by atoms with van der Waals surface area (Å²) in [6.45, 7) is 11.2. The van der Waals surface area contributed by atoms with Crippen LogP contribution in [0.2, 0.25) is 0 Å². The third-order valence-corrected chi connectivity index (χ3v) is 8.48. The summed E-state index contributed by atoms with van der Waals surface area (Å²) in [7, 11) is 1.15. The van der Waals surface area contributed by atoms with E-state index in [4.69, 9.17) is 16.0 Å². The minimum Gasteiger partial charge on any atom is -0.432 e. The Labute approximate surface area is 266 Å². The highest BCUT2D eigenvalue weighted by molar-refractivity contribution is 6.09. The molecule has 2 aliphatic heterocycles. The van der Waals surface area contributed by atoms with Gasteiger partial charge in [0.05, 0.1) is 18.2 Å². The van der Waals surface area contributed by atoms with E-state index in [2.05, 4.69) is 4.85 Å². The first-order valence-corrected chi connectivity index (χ1v) is 14.8. The van der Waals surface area contributed by atoms with Crippen molar-refractivity contribution in [1.82, 2.24) is 15.1 Å². The maximum atomic E-state index is 14.1. The summed E-state index contributed by atoms with van der Waals surface area (Å²) in [6.07, 6.45) is -7.44. The Bertz CT molecular complexity index is 1480. The molecule has 0 radical (unpaired) electrons. The van der Waals surface area contributed by atoms with Crippen LogP contribution in [0.3, 0.4) is 0 Å². The Morgan fingerprint density at radius 1 is 1.13 bits per heavy atom. The van der Waals surface area contributed by atoms with Crippen LogP contribution in [0, 0.1) is 12.5 Å². The van der Waals surface area contributed by atoms with Crippen molar-refractivity contribution in [2.75, 3.05) is 25.2 Å². The average molecular weight is 672 g/mol. The van der Waals surface area contributed by atoms with E-state index >= 15 is 0 Å². The number of anilines is 1. The smallest absolute Gasteiger partial charge is 0.432 e. The van der Waals surface area contributed by atoms with Gasteiger partial charge in [0.2, 0.25) is 11.8 Å². The molecule has 1 saturated heterocycles. The van der Waals surface area contributed by atoms with E-state index < -0.39 is 78.4 Å². The molecule has 4 amide bonds. The summed E-state index contributed by atoms with van der Waals surface area (Å²) >= 11 is 0. The maximum absolute atomic E-state index is 14.1. The maximum Gasteiger partial charge on any atom is 0.510 e. The Hall–Kier alpha value is -4.49.